The standard InChI is InChI=1S/C11H13N5OS/c1-7(2)16-6-8(3-15-16)17-10-5-13-9(4-14-10)11(12)18/h3-7H,1-2H3,(H2,12,18). The number of nitrogens with two attached hydrogens (primary N) is 1. The smallest absolute Gasteiger partial charge is 0.238 e. The number of ether oxygens (including phenoxy) is 1. The van der Waals surface area contributed by atoms with Crippen molar-refractivity contribution in [1.82, 2.24) is 19.7 Å². The van der Waals surface area contributed by atoms with E-state index in [2.05, 4.69) is 15.1 Å². The fourth-order valence-corrected chi connectivity index (χ4v) is 1.38. The highest BCUT2D eigenvalue weighted by Gasteiger charge is 2.05. The van der Waals surface area contributed by atoms with Gasteiger partial charge in [0.05, 0.1) is 24.8 Å². The van der Waals surface area contributed by atoms with Gasteiger partial charge in [0.25, 0.3) is 0 Å². The third kappa shape index (κ3) is 2.80. The summed E-state index contributed by atoms with van der Waals surface area (Å²) in [5.74, 6) is 0.986. The molecule has 2 rings (SSSR count). The van der Waals surface area contributed by atoms with E-state index in [4.69, 9.17) is 22.7 Å². The molecule has 0 radical (unpaired) electrons. The summed E-state index contributed by atoms with van der Waals surface area (Å²) in [6.07, 6.45) is 6.38. The van der Waals surface area contributed by atoms with Gasteiger partial charge in [0.1, 0.15) is 10.7 Å². The molecule has 0 bridgehead atoms. The van der Waals surface area contributed by atoms with Crippen molar-refractivity contribution in [2.45, 2.75) is 19.9 Å². The Balaban J connectivity index is 2.10. The molecule has 2 aromatic rings. The predicted octanol–water partition coefficient (Wildman–Crippen LogP) is 1.68. The van der Waals surface area contributed by atoms with Gasteiger partial charge in [0.2, 0.25) is 5.88 Å². The number of nitrogens with zero attached hydrogens (tertiary/aromatic N) is 4. The highest BCUT2D eigenvalue weighted by atomic mass is 32.1. The number of aromatic nitrogens is 4. The van der Waals surface area contributed by atoms with Crippen LogP contribution in [-0.4, -0.2) is 24.7 Å². The van der Waals surface area contributed by atoms with Crippen LogP contribution in [0.25, 0.3) is 0 Å². The molecule has 0 saturated carbocycles. The van der Waals surface area contributed by atoms with Gasteiger partial charge in [-0.2, -0.15) is 5.10 Å². The van der Waals surface area contributed by atoms with Gasteiger partial charge in [-0.1, -0.05) is 12.2 Å². The van der Waals surface area contributed by atoms with Crippen LogP contribution in [0.5, 0.6) is 11.6 Å². The van der Waals surface area contributed by atoms with E-state index >= 15 is 0 Å². The molecule has 2 aromatic heterocycles. The Hall–Kier alpha value is -2.02. The first-order valence-corrected chi connectivity index (χ1v) is 5.81. The Morgan fingerprint density at radius 3 is 2.61 bits per heavy atom. The van der Waals surface area contributed by atoms with Crippen molar-refractivity contribution in [2.24, 2.45) is 5.73 Å². The quantitative estimate of drug-likeness (QED) is 0.845. The molecule has 0 unspecified atom stereocenters. The first-order chi connectivity index (χ1) is 8.56. The molecule has 18 heavy (non-hydrogen) atoms. The van der Waals surface area contributed by atoms with E-state index in [9.17, 15) is 0 Å². The van der Waals surface area contributed by atoms with Gasteiger partial charge in [0, 0.05) is 6.04 Å². The third-order valence-corrected chi connectivity index (χ3v) is 2.42. The van der Waals surface area contributed by atoms with Crippen molar-refractivity contribution >= 4 is 17.2 Å². The molecule has 0 fully saturated rings. The van der Waals surface area contributed by atoms with Crippen LogP contribution in [0.4, 0.5) is 0 Å². The first kappa shape index (κ1) is 12.4. The largest absolute Gasteiger partial charge is 0.434 e. The molecule has 0 aliphatic rings. The van der Waals surface area contributed by atoms with E-state index in [0.29, 0.717) is 17.3 Å². The lowest BCUT2D eigenvalue weighted by Gasteiger charge is -2.04. The number of hydrogen-bond donors (Lipinski definition) is 1. The number of thiocarbonyl (C=S) groups is 1. The molecule has 0 spiro atoms. The van der Waals surface area contributed by atoms with E-state index in [1.54, 1.807) is 17.1 Å². The molecule has 6 nitrogen and oxygen atoms in total. The zero-order chi connectivity index (χ0) is 13.1. The van der Waals surface area contributed by atoms with Gasteiger partial charge >= 0.3 is 0 Å². The minimum absolute atomic E-state index is 0.210. The fraction of sp³-hybridized carbons (Fsp3) is 0.273. The summed E-state index contributed by atoms with van der Waals surface area (Å²) in [6, 6.07) is 0.283. The summed E-state index contributed by atoms with van der Waals surface area (Å²) >= 11 is 4.79. The summed E-state index contributed by atoms with van der Waals surface area (Å²) < 4.78 is 7.30. The Morgan fingerprint density at radius 2 is 2.11 bits per heavy atom. The van der Waals surface area contributed by atoms with E-state index in [1.165, 1.54) is 12.4 Å². The van der Waals surface area contributed by atoms with Crippen molar-refractivity contribution < 1.29 is 4.74 Å². The van der Waals surface area contributed by atoms with Crippen molar-refractivity contribution in [2.75, 3.05) is 0 Å². The van der Waals surface area contributed by atoms with Gasteiger partial charge < -0.3 is 10.5 Å². The SMILES string of the molecule is CC(C)n1cc(Oc2cnc(C(N)=S)cn2)cn1. The van der Waals surface area contributed by atoms with Crippen LogP contribution in [0.2, 0.25) is 0 Å². The Kier molecular flexibility index (Phi) is 3.52. The minimum atomic E-state index is 0.210. The second-order valence-corrected chi connectivity index (χ2v) is 4.40. The van der Waals surface area contributed by atoms with Crippen molar-refractivity contribution in [1.29, 1.82) is 0 Å². The molecule has 2 N–H and O–H groups in total. The highest BCUT2D eigenvalue weighted by molar-refractivity contribution is 7.80. The maximum Gasteiger partial charge on any atom is 0.238 e. The Morgan fingerprint density at radius 1 is 1.33 bits per heavy atom. The van der Waals surface area contributed by atoms with Gasteiger partial charge in [-0.25, -0.2) is 9.97 Å². The Labute approximate surface area is 110 Å². The minimum Gasteiger partial charge on any atom is -0.434 e. The van der Waals surface area contributed by atoms with Crippen LogP contribution in [0.3, 0.4) is 0 Å². The van der Waals surface area contributed by atoms with Crippen molar-refractivity contribution in [3.05, 3.63) is 30.5 Å². The zero-order valence-electron chi connectivity index (χ0n) is 10.1. The molecule has 0 aromatic carbocycles. The maximum absolute atomic E-state index is 5.50. The normalized spacial score (nSPS) is 10.6. The first-order valence-electron chi connectivity index (χ1n) is 5.40. The van der Waals surface area contributed by atoms with Crippen molar-refractivity contribution in [3.8, 4) is 11.6 Å². The Bertz CT molecular complexity index is 549. The van der Waals surface area contributed by atoms with Gasteiger partial charge in [-0.3, -0.25) is 4.68 Å². The molecular formula is C11H13N5OS. The van der Waals surface area contributed by atoms with Gasteiger partial charge in [0.15, 0.2) is 5.75 Å². The van der Waals surface area contributed by atoms with Crippen molar-refractivity contribution in [3.63, 3.8) is 0 Å². The third-order valence-electron chi connectivity index (χ3n) is 2.21. The van der Waals surface area contributed by atoms with Crippen LogP contribution in [-0.2, 0) is 0 Å². The predicted molar refractivity (Wildman–Crippen MR) is 70.6 cm³/mol. The summed E-state index contributed by atoms with van der Waals surface area (Å²) in [5.41, 5.74) is 5.90. The second kappa shape index (κ2) is 5.09. The highest BCUT2D eigenvalue weighted by Crippen LogP contribution is 2.18. The fourth-order valence-electron chi connectivity index (χ4n) is 1.27. The lowest BCUT2D eigenvalue weighted by atomic mass is 10.4. The summed E-state index contributed by atoms with van der Waals surface area (Å²) in [5, 5.41) is 4.16. The number of rotatable bonds is 4. The van der Waals surface area contributed by atoms with E-state index in [-0.39, 0.29) is 11.0 Å². The molecule has 2 heterocycles. The molecule has 0 aliphatic heterocycles. The average Bonchev–Trinajstić information content (AvgIpc) is 2.78. The molecule has 0 saturated heterocycles. The molecule has 94 valence electrons. The second-order valence-electron chi connectivity index (χ2n) is 3.96. The van der Waals surface area contributed by atoms with Gasteiger partial charge in [-0.05, 0) is 13.8 Å². The lowest BCUT2D eigenvalue weighted by Crippen LogP contribution is -2.11. The average molecular weight is 263 g/mol. The van der Waals surface area contributed by atoms with Crippen LogP contribution < -0.4 is 10.5 Å². The molecule has 0 aliphatic carbocycles. The van der Waals surface area contributed by atoms with E-state index in [0.717, 1.165) is 0 Å². The maximum atomic E-state index is 5.50. The monoisotopic (exact) mass is 263 g/mol. The van der Waals surface area contributed by atoms with E-state index < -0.39 is 0 Å². The molecule has 0 amide bonds. The topological polar surface area (TPSA) is 78.9 Å². The van der Waals surface area contributed by atoms with Crippen LogP contribution >= 0.6 is 12.2 Å². The summed E-state index contributed by atoms with van der Waals surface area (Å²) in [6.45, 7) is 4.07. The van der Waals surface area contributed by atoms with Crippen LogP contribution in [0.1, 0.15) is 25.6 Å². The zero-order valence-corrected chi connectivity index (χ0v) is 10.9. The molecule has 0 atom stereocenters. The lowest BCUT2D eigenvalue weighted by molar-refractivity contribution is 0.456. The summed E-state index contributed by atoms with van der Waals surface area (Å²) in [4.78, 5) is 8.31. The van der Waals surface area contributed by atoms with Crippen LogP contribution in [0.15, 0.2) is 24.8 Å². The van der Waals surface area contributed by atoms with E-state index in [1.807, 2.05) is 13.8 Å². The van der Waals surface area contributed by atoms with Crippen LogP contribution in [0, 0.1) is 0 Å². The van der Waals surface area contributed by atoms with Gasteiger partial charge in [-0.15, -0.1) is 0 Å². The summed E-state index contributed by atoms with van der Waals surface area (Å²) in [7, 11) is 0. The number of hydrogen-bond acceptors (Lipinski definition) is 5. The molecule has 7 heteroatoms. The molecular weight excluding hydrogens is 250 g/mol.